The molecule has 0 aromatic heterocycles. The molecule has 100 valence electrons. The van der Waals surface area contributed by atoms with Crippen molar-refractivity contribution >= 4 is 21.9 Å². The Morgan fingerprint density at radius 3 is 2.72 bits per heavy atom. The Balaban J connectivity index is 2.77. The second kappa shape index (κ2) is 7.26. The Hall–Kier alpha value is -1.23. The van der Waals surface area contributed by atoms with Gasteiger partial charge in [0, 0.05) is 0 Å². The van der Waals surface area contributed by atoms with Crippen molar-refractivity contribution in [2.24, 2.45) is 0 Å². The molecule has 1 rings (SSSR count). The van der Waals surface area contributed by atoms with Crippen LogP contribution in [0.25, 0.3) is 0 Å². The van der Waals surface area contributed by atoms with Crippen LogP contribution in [0.15, 0.2) is 22.7 Å². The maximum absolute atomic E-state index is 11.1. The van der Waals surface area contributed by atoms with Gasteiger partial charge in [0.25, 0.3) is 0 Å². The largest absolute Gasteiger partial charge is 0.497 e. The Labute approximate surface area is 115 Å². The van der Waals surface area contributed by atoms with E-state index in [2.05, 4.69) is 15.9 Å². The van der Waals surface area contributed by atoms with Crippen LogP contribution in [0.1, 0.15) is 26.2 Å². The van der Waals surface area contributed by atoms with Gasteiger partial charge >= 0.3 is 5.97 Å². The summed E-state index contributed by atoms with van der Waals surface area (Å²) in [6.45, 7) is 2.02. The summed E-state index contributed by atoms with van der Waals surface area (Å²) >= 11 is 3.34. The van der Waals surface area contributed by atoms with Crippen molar-refractivity contribution in [1.29, 1.82) is 0 Å². The van der Waals surface area contributed by atoms with Crippen molar-refractivity contribution in [3.05, 3.63) is 22.7 Å². The van der Waals surface area contributed by atoms with Gasteiger partial charge in [0.15, 0.2) is 6.10 Å². The van der Waals surface area contributed by atoms with Crippen LogP contribution in [0.2, 0.25) is 0 Å². The number of carbonyl (C=O) groups is 1. The lowest BCUT2D eigenvalue weighted by atomic mass is 10.1. The Bertz CT molecular complexity index is 406. The molecule has 1 aromatic carbocycles. The normalized spacial score (nSPS) is 11.9. The topological polar surface area (TPSA) is 55.8 Å². The summed E-state index contributed by atoms with van der Waals surface area (Å²) in [5.41, 5.74) is 0. The van der Waals surface area contributed by atoms with Gasteiger partial charge in [0.05, 0.1) is 11.6 Å². The maximum Gasteiger partial charge on any atom is 0.344 e. The molecule has 1 aromatic rings. The van der Waals surface area contributed by atoms with E-state index in [1.807, 2.05) is 6.92 Å². The van der Waals surface area contributed by atoms with Crippen LogP contribution in [0.4, 0.5) is 0 Å². The number of ether oxygens (including phenoxy) is 2. The third-order valence-electron chi connectivity index (χ3n) is 2.50. The number of halogens is 1. The fraction of sp³-hybridized carbons (Fsp3) is 0.462. The van der Waals surface area contributed by atoms with Gasteiger partial charge in [-0.15, -0.1) is 0 Å². The number of methoxy groups -OCH3 is 1. The minimum absolute atomic E-state index is 0.504. The standard InChI is InChI=1S/C13H17BrO4/c1-3-4-5-12(13(15)16)18-11-7-6-9(17-2)8-10(11)14/h6-8,12H,3-5H2,1-2H3,(H,15,16). The zero-order chi connectivity index (χ0) is 13.5. The molecule has 0 fully saturated rings. The molecule has 0 bridgehead atoms. The summed E-state index contributed by atoms with van der Waals surface area (Å²) in [6.07, 6.45) is 1.46. The third kappa shape index (κ3) is 4.22. The van der Waals surface area contributed by atoms with Crippen LogP contribution in [-0.2, 0) is 4.79 Å². The first-order valence-corrected chi connectivity index (χ1v) is 6.60. The maximum atomic E-state index is 11.1. The van der Waals surface area contributed by atoms with Gasteiger partial charge in [-0.2, -0.15) is 0 Å². The molecule has 4 nitrogen and oxygen atoms in total. The summed E-state index contributed by atoms with van der Waals surface area (Å²) in [5, 5.41) is 9.09. The molecule has 0 aliphatic rings. The van der Waals surface area contributed by atoms with Gasteiger partial charge in [0.2, 0.25) is 0 Å². The van der Waals surface area contributed by atoms with Crippen LogP contribution in [0.5, 0.6) is 11.5 Å². The minimum Gasteiger partial charge on any atom is -0.497 e. The number of benzene rings is 1. The molecule has 0 amide bonds. The van der Waals surface area contributed by atoms with E-state index in [0.29, 0.717) is 22.4 Å². The van der Waals surface area contributed by atoms with Crippen molar-refractivity contribution in [3.63, 3.8) is 0 Å². The van der Waals surface area contributed by atoms with Crippen LogP contribution in [0.3, 0.4) is 0 Å². The molecule has 0 spiro atoms. The highest BCUT2D eigenvalue weighted by molar-refractivity contribution is 9.10. The van der Waals surface area contributed by atoms with Crippen molar-refractivity contribution in [1.82, 2.24) is 0 Å². The average molecular weight is 317 g/mol. The van der Waals surface area contributed by atoms with E-state index in [1.165, 1.54) is 0 Å². The Kier molecular flexibility index (Phi) is 5.98. The molecule has 0 radical (unpaired) electrons. The van der Waals surface area contributed by atoms with Crippen LogP contribution in [-0.4, -0.2) is 24.3 Å². The van der Waals surface area contributed by atoms with Crippen LogP contribution < -0.4 is 9.47 Å². The predicted molar refractivity (Wildman–Crippen MR) is 72.3 cm³/mol. The van der Waals surface area contributed by atoms with Crippen LogP contribution >= 0.6 is 15.9 Å². The van der Waals surface area contributed by atoms with Crippen molar-refractivity contribution < 1.29 is 19.4 Å². The molecule has 0 saturated carbocycles. The van der Waals surface area contributed by atoms with Gasteiger partial charge < -0.3 is 14.6 Å². The molecule has 18 heavy (non-hydrogen) atoms. The SMILES string of the molecule is CCCCC(Oc1ccc(OC)cc1Br)C(=O)O. The summed E-state index contributed by atoms with van der Waals surface area (Å²) < 4.78 is 11.3. The Morgan fingerprint density at radius 2 is 2.22 bits per heavy atom. The number of unbranched alkanes of at least 4 members (excludes halogenated alkanes) is 1. The summed E-state index contributed by atoms with van der Waals surface area (Å²) in [4.78, 5) is 11.1. The first-order valence-electron chi connectivity index (χ1n) is 5.81. The highest BCUT2D eigenvalue weighted by Gasteiger charge is 2.19. The van der Waals surface area contributed by atoms with Crippen molar-refractivity contribution in [2.75, 3.05) is 7.11 Å². The number of hydrogen-bond donors (Lipinski definition) is 1. The van der Waals surface area contributed by atoms with Gasteiger partial charge in [-0.05, 0) is 47.0 Å². The first-order chi connectivity index (χ1) is 8.58. The number of carboxylic acid groups (broad SMARTS) is 1. The zero-order valence-corrected chi connectivity index (χ0v) is 12.1. The van der Waals surface area contributed by atoms with E-state index in [9.17, 15) is 4.79 Å². The molecule has 5 heteroatoms. The predicted octanol–water partition coefficient (Wildman–Crippen LogP) is 3.48. The lowest BCUT2D eigenvalue weighted by molar-refractivity contribution is -0.145. The molecular formula is C13H17BrO4. The van der Waals surface area contributed by atoms with Gasteiger partial charge in [-0.3, -0.25) is 0 Å². The van der Waals surface area contributed by atoms with E-state index >= 15 is 0 Å². The quantitative estimate of drug-likeness (QED) is 0.836. The van der Waals surface area contributed by atoms with Crippen molar-refractivity contribution in [2.45, 2.75) is 32.3 Å². The highest BCUT2D eigenvalue weighted by atomic mass is 79.9. The summed E-state index contributed by atoms with van der Waals surface area (Å²) in [5.74, 6) is 0.264. The average Bonchev–Trinajstić information content (AvgIpc) is 2.35. The summed E-state index contributed by atoms with van der Waals surface area (Å²) in [7, 11) is 1.57. The van der Waals surface area contributed by atoms with Crippen LogP contribution in [0, 0.1) is 0 Å². The Morgan fingerprint density at radius 1 is 1.50 bits per heavy atom. The molecule has 1 N–H and O–H groups in total. The monoisotopic (exact) mass is 316 g/mol. The van der Waals surface area contributed by atoms with Gasteiger partial charge in [-0.1, -0.05) is 13.3 Å². The van der Waals surface area contributed by atoms with E-state index in [0.717, 1.165) is 12.8 Å². The third-order valence-corrected chi connectivity index (χ3v) is 3.12. The first kappa shape index (κ1) is 14.8. The van der Waals surface area contributed by atoms with E-state index in [4.69, 9.17) is 14.6 Å². The molecule has 0 heterocycles. The van der Waals surface area contributed by atoms with Gasteiger partial charge in [0.1, 0.15) is 11.5 Å². The number of hydrogen-bond acceptors (Lipinski definition) is 3. The van der Waals surface area contributed by atoms with E-state index in [1.54, 1.807) is 25.3 Å². The number of rotatable bonds is 7. The summed E-state index contributed by atoms with van der Waals surface area (Å²) in [6, 6.07) is 5.18. The smallest absolute Gasteiger partial charge is 0.344 e. The lowest BCUT2D eigenvalue weighted by Gasteiger charge is -2.16. The lowest BCUT2D eigenvalue weighted by Crippen LogP contribution is -2.27. The van der Waals surface area contributed by atoms with E-state index in [-0.39, 0.29) is 0 Å². The fourth-order valence-electron chi connectivity index (χ4n) is 1.48. The molecule has 0 aliphatic carbocycles. The number of carboxylic acids is 1. The van der Waals surface area contributed by atoms with E-state index < -0.39 is 12.1 Å². The minimum atomic E-state index is -0.939. The number of aliphatic carboxylic acids is 1. The van der Waals surface area contributed by atoms with Gasteiger partial charge in [-0.25, -0.2) is 4.79 Å². The fourth-order valence-corrected chi connectivity index (χ4v) is 1.93. The second-order valence-electron chi connectivity index (χ2n) is 3.88. The molecule has 0 aliphatic heterocycles. The highest BCUT2D eigenvalue weighted by Crippen LogP contribution is 2.30. The molecule has 1 atom stereocenters. The molecular weight excluding hydrogens is 300 g/mol. The molecule has 1 unspecified atom stereocenters. The van der Waals surface area contributed by atoms with Crippen molar-refractivity contribution in [3.8, 4) is 11.5 Å². The molecule has 0 saturated heterocycles. The zero-order valence-electron chi connectivity index (χ0n) is 10.5. The second-order valence-corrected chi connectivity index (χ2v) is 4.74.